The zero-order valence-electron chi connectivity index (χ0n) is 12.1. The van der Waals surface area contributed by atoms with Crippen LogP contribution in [-0.4, -0.2) is 41.0 Å². The Morgan fingerprint density at radius 1 is 1.24 bits per heavy atom. The molecule has 0 fully saturated rings. The molecule has 0 saturated heterocycles. The Kier molecular flexibility index (Phi) is 5.22. The number of likely N-dealkylation sites (N-methyl/N-ethyl adjacent to an activating group) is 1. The van der Waals surface area contributed by atoms with E-state index in [-0.39, 0.29) is 23.8 Å². The first-order valence-electron chi connectivity index (χ1n) is 6.39. The quantitative estimate of drug-likeness (QED) is 0.910. The maximum absolute atomic E-state index is 12.2. The van der Waals surface area contributed by atoms with Gasteiger partial charge in [-0.25, -0.2) is 0 Å². The molecule has 0 saturated carbocycles. The molecule has 0 atom stereocenters. The molecule has 0 aromatic heterocycles. The van der Waals surface area contributed by atoms with Gasteiger partial charge in [0.1, 0.15) is 5.75 Å². The minimum Gasteiger partial charge on any atom is -0.406 e. The summed E-state index contributed by atoms with van der Waals surface area (Å²) in [6.07, 6.45) is -4.76. The van der Waals surface area contributed by atoms with Crippen molar-refractivity contribution in [3.63, 3.8) is 0 Å². The summed E-state index contributed by atoms with van der Waals surface area (Å²) < 4.78 is 39.9. The van der Waals surface area contributed by atoms with E-state index in [9.17, 15) is 23.1 Å². The van der Waals surface area contributed by atoms with Crippen LogP contribution < -0.4 is 4.74 Å². The Balaban J connectivity index is 2.83. The normalized spacial score (nSPS) is 12.1. The van der Waals surface area contributed by atoms with Crippen LogP contribution in [0.15, 0.2) is 24.3 Å². The Morgan fingerprint density at radius 2 is 1.76 bits per heavy atom. The first kappa shape index (κ1) is 17.3. The number of benzene rings is 1. The third-order valence-corrected chi connectivity index (χ3v) is 2.58. The van der Waals surface area contributed by atoms with E-state index in [0.29, 0.717) is 6.54 Å². The molecule has 4 nitrogen and oxygen atoms in total. The second-order valence-corrected chi connectivity index (χ2v) is 5.20. The molecule has 0 aliphatic rings. The minimum atomic E-state index is -4.76. The molecule has 0 unspecified atom stereocenters. The van der Waals surface area contributed by atoms with E-state index in [0.717, 1.165) is 12.1 Å². The summed E-state index contributed by atoms with van der Waals surface area (Å²) in [5.41, 5.74) is -0.819. The third-order valence-electron chi connectivity index (χ3n) is 2.58. The van der Waals surface area contributed by atoms with Gasteiger partial charge in [0.25, 0.3) is 5.91 Å². The highest BCUT2D eigenvalue weighted by Gasteiger charge is 2.31. The van der Waals surface area contributed by atoms with E-state index in [1.165, 1.54) is 17.0 Å². The van der Waals surface area contributed by atoms with Crippen molar-refractivity contribution >= 4 is 5.91 Å². The number of rotatable bonds is 5. The number of carbonyl (C=O) groups excluding carboxylic acids is 1. The number of halogens is 3. The summed E-state index contributed by atoms with van der Waals surface area (Å²) in [6.45, 7) is 5.41. The average molecular weight is 305 g/mol. The number of hydrogen-bond acceptors (Lipinski definition) is 3. The second kappa shape index (κ2) is 6.34. The van der Waals surface area contributed by atoms with Gasteiger partial charge in [-0.15, -0.1) is 13.2 Å². The van der Waals surface area contributed by atoms with Crippen molar-refractivity contribution in [1.29, 1.82) is 0 Å². The van der Waals surface area contributed by atoms with Crippen LogP contribution in [0.25, 0.3) is 0 Å². The van der Waals surface area contributed by atoms with Gasteiger partial charge in [-0.2, -0.15) is 0 Å². The van der Waals surface area contributed by atoms with E-state index in [1.54, 1.807) is 20.8 Å². The van der Waals surface area contributed by atoms with Gasteiger partial charge in [0.15, 0.2) is 0 Å². The highest BCUT2D eigenvalue weighted by Crippen LogP contribution is 2.23. The van der Waals surface area contributed by atoms with Gasteiger partial charge in [-0.05, 0) is 45.0 Å². The fourth-order valence-corrected chi connectivity index (χ4v) is 1.78. The van der Waals surface area contributed by atoms with Crippen molar-refractivity contribution in [2.75, 3.05) is 13.1 Å². The molecule has 1 amide bonds. The molecule has 118 valence electrons. The van der Waals surface area contributed by atoms with Crippen LogP contribution in [0.2, 0.25) is 0 Å². The molecule has 1 rings (SSSR count). The lowest BCUT2D eigenvalue weighted by molar-refractivity contribution is -0.274. The first-order chi connectivity index (χ1) is 9.52. The highest BCUT2D eigenvalue weighted by atomic mass is 19.4. The van der Waals surface area contributed by atoms with Crippen LogP contribution in [0.5, 0.6) is 5.75 Å². The second-order valence-electron chi connectivity index (χ2n) is 5.20. The molecule has 7 heteroatoms. The third kappa shape index (κ3) is 6.03. The lowest BCUT2D eigenvalue weighted by atomic mass is 10.1. The largest absolute Gasteiger partial charge is 0.573 e. The number of aliphatic hydroxyl groups is 1. The monoisotopic (exact) mass is 305 g/mol. The van der Waals surface area contributed by atoms with Crippen LogP contribution in [0.4, 0.5) is 13.2 Å². The van der Waals surface area contributed by atoms with E-state index in [4.69, 9.17) is 0 Å². The van der Waals surface area contributed by atoms with Gasteiger partial charge in [0.05, 0.1) is 5.60 Å². The van der Waals surface area contributed by atoms with Gasteiger partial charge in [0, 0.05) is 18.7 Å². The van der Waals surface area contributed by atoms with Crippen LogP contribution in [0.1, 0.15) is 31.1 Å². The lowest BCUT2D eigenvalue weighted by Crippen LogP contribution is -2.42. The zero-order valence-corrected chi connectivity index (χ0v) is 12.1. The van der Waals surface area contributed by atoms with Crippen molar-refractivity contribution in [3.05, 3.63) is 29.8 Å². The number of hydrogen-bond donors (Lipinski definition) is 1. The maximum Gasteiger partial charge on any atom is 0.573 e. The molecule has 0 radical (unpaired) electrons. The summed E-state index contributed by atoms with van der Waals surface area (Å²) in [6, 6.07) is 4.68. The predicted molar refractivity (Wildman–Crippen MR) is 71.0 cm³/mol. The topological polar surface area (TPSA) is 49.8 Å². The Labute approximate surface area is 121 Å². The molecule has 0 bridgehead atoms. The fourth-order valence-electron chi connectivity index (χ4n) is 1.78. The van der Waals surface area contributed by atoms with E-state index >= 15 is 0 Å². The van der Waals surface area contributed by atoms with Crippen LogP contribution in [0, 0.1) is 0 Å². The zero-order chi connectivity index (χ0) is 16.3. The van der Waals surface area contributed by atoms with Crippen molar-refractivity contribution in [2.45, 2.75) is 32.7 Å². The van der Waals surface area contributed by atoms with Crippen molar-refractivity contribution in [2.24, 2.45) is 0 Å². The predicted octanol–water partition coefficient (Wildman–Crippen LogP) is 2.82. The number of ether oxygens (including phenoxy) is 1. The van der Waals surface area contributed by atoms with Crippen molar-refractivity contribution < 1.29 is 27.8 Å². The summed E-state index contributed by atoms with van der Waals surface area (Å²) in [5.74, 6) is -0.747. The van der Waals surface area contributed by atoms with Gasteiger partial charge in [0.2, 0.25) is 0 Å². The SMILES string of the molecule is CCN(CC(C)(C)O)C(=O)c1ccc(OC(F)(F)F)cc1. The maximum atomic E-state index is 12.2. The average Bonchev–Trinajstić information content (AvgIpc) is 2.33. The number of nitrogens with zero attached hydrogens (tertiary/aromatic N) is 1. The summed E-state index contributed by atoms with van der Waals surface area (Å²) in [5, 5.41) is 9.75. The summed E-state index contributed by atoms with van der Waals surface area (Å²) in [4.78, 5) is 13.6. The minimum absolute atomic E-state index is 0.128. The van der Waals surface area contributed by atoms with Crippen molar-refractivity contribution in [3.8, 4) is 5.75 Å². The molecule has 0 heterocycles. The van der Waals surface area contributed by atoms with Gasteiger partial charge in [-0.1, -0.05) is 0 Å². The Bertz CT molecular complexity index is 478. The van der Waals surface area contributed by atoms with E-state index < -0.39 is 12.0 Å². The molecular weight excluding hydrogens is 287 g/mol. The van der Waals surface area contributed by atoms with Crippen molar-refractivity contribution in [1.82, 2.24) is 4.90 Å². The standard InChI is InChI=1S/C14H18F3NO3/c1-4-18(9-13(2,3)20)12(19)10-5-7-11(8-6-10)21-14(15,16)17/h5-8,20H,4,9H2,1-3H3. The molecule has 1 aromatic carbocycles. The first-order valence-corrected chi connectivity index (χ1v) is 6.39. The molecule has 0 aliphatic heterocycles. The van der Waals surface area contributed by atoms with Gasteiger partial charge in [-0.3, -0.25) is 4.79 Å². The molecular formula is C14H18F3NO3. The Hall–Kier alpha value is -1.76. The molecule has 21 heavy (non-hydrogen) atoms. The highest BCUT2D eigenvalue weighted by molar-refractivity contribution is 5.94. The van der Waals surface area contributed by atoms with Crippen LogP contribution in [-0.2, 0) is 0 Å². The van der Waals surface area contributed by atoms with Gasteiger partial charge < -0.3 is 14.7 Å². The molecule has 0 spiro atoms. The number of alkyl halides is 3. The van der Waals surface area contributed by atoms with Crippen LogP contribution in [0.3, 0.4) is 0 Å². The van der Waals surface area contributed by atoms with E-state index in [2.05, 4.69) is 4.74 Å². The summed E-state index contributed by atoms with van der Waals surface area (Å²) >= 11 is 0. The van der Waals surface area contributed by atoms with E-state index in [1.807, 2.05) is 0 Å². The Morgan fingerprint density at radius 3 is 2.14 bits per heavy atom. The summed E-state index contributed by atoms with van der Waals surface area (Å²) in [7, 11) is 0. The molecule has 0 aliphatic carbocycles. The number of carbonyl (C=O) groups is 1. The fraction of sp³-hybridized carbons (Fsp3) is 0.500. The molecule has 1 N–H and O–H groups in total. The number of amides is 1. The lowest BCUT2D eigenvalue weighted by Gasteiger charge is -2.28. The molecule has 1 aromatic rings. The van der Waals surface area contributed by atoms with Gasteiger partial charge >= 0.3 is 6.36 Å². The smallest absolute Gasteiger partial charge is 0.406 e. The van der Waals surface area contributed by atoms with Crippen LogP contribution >= 0.6 is 0 Å².